The number of hydrogen-bond donors (Lipinski definition) is 3. The molecule has 2 aromatic rings. The number of carbonyl (C=O) groups excluding carboxylic acids is 1. The minimum atomic E-state index is -0.340. The van der Waals surface area contributed by atoms with Crippen LogP contribution in [0, 0.1) is 0 Å². The number of benzene rings is 1. The Morgan fingerprint density at radius 3 is 2.73 bits per heavy atom. The Morgan fingerprint density at radius 2 is 2.07 bits per heavy atom. The van der Waals surface area contributed by atoms with Gasteiger partial charge in [0.15, 0.2) is 0 Å². The average molecular weight is 205 g/mol. The molecule has 5 nitrogen and oxygen atoms in total. The van der Waals surface area contributed by atoms with Gasteiger partial charge in [-0.2, -0.15) is 0 Å². The molecule has 0 aliphatic rings. The molecular formula is C10H11N3O2. The van der Waals surface area contributed by atoms with E-state index >= 15 is 0 Å². The molecule has 1 unspecified atom stereocenters. The van der Waals surface area contributed by atoms with Crippen LogP contribution in [-0.4, -0.2) is 23.3 Å². The molecular weight excluding hydrogens is 194 g/mol. The van der Waals surface area contributed by atoms with Crippen molar-refractivity contribution in [1.29, 1.82) is 0 Å². The minimum Gasteiger partial charge on any atom is -0.307 e. The Hall–Kier alpha value is -1.88. The van der Waals surface area contributed by atoms with Crippen molar-refractivity contribution in [3.63, 3.8) is 0 Å². The van der Waals surface area contributed by atoms with E-state index in [1.807, 2.05) is 6.07 Å². The van der Waals surface area contributed by atoms with Gasteiger partial charge in [-0.25, -0.2) is 4.79 Å². The predicted octanol–water partition coefficient (Wildman–Crippen LogP) is 0.316. The van der Waals surface area contributed by atoms with Gasteiger partial charge in [-0.1, -0.05) is 6.07 Å². The van der Waals surface area contributed by atoms with Crippen LogP contribution in [0.1, 0.15) is 11.6 Å². The number of rotatable bonds is 3. The number of H-pyrrole nitrogens is 2. The number of hydrogen-bond acceptors (Lipinski definition) is 3. The monoisotopic (exact) mass is 205 g/mol. The SMILES string of the molecule is CNC(C=O)c1ccc2[nH]c(=O)[nH]c2c1. The highest BCUT2D eigenvalue weighted by Gasteiger charge is 2.08. The highest BCUT2D eigenvalue weighted by molar-refractivity contribution is 5.76. The number of fused-ring (bicyclic) bond motifs is 1. The Balaban J connectivity index is 2.54. The summed E-state index contributed by atoms with van der Waals surface area (Å²) in [6.45, 7) is 0. The second kappa shape index (κ2) is 3.70. The summed E-state index contributed by atoms with van der Waals surface area (Å²) in [6, 6.07) is 5.02. The fraction of sp³-hybridized carbons (Fsp3) is 0.200. The molecule has 1 atom stereocenters. The number of aldehydes is 1. The number of likely N-dealkylation sites (N-methyl/N-ethyl adjacent to an activating group) is 1. The summed E-state index contributed by atoms with van der Waals surface area (Å²) in [5, 5.41) is 2.87. The maximum Gasteiger partial charge on any atom is 0.323 e. The number of aromatic amines is 2. The zero-order valence-corrected chi connectivity index (χ0v) is 8.20. The molecule has 0 aliphatic heterocycles. The lowest BCUT2D eigenvalue weighted by atomic mass is 10.1. The topological polar surface area (TPSA) is 77.8 Å². The van der Waals surface area contributed by atoms with Crippen LogP contribution in [0.3, 0.4) is 0 Å². The molecule has 78 valence electrons. The van der Waals surface area contributed by atoms with Crippen LogP contribution >= 0.6 is 0 Å². The summed E-state index contributed by atoms with van der Waals surface area (Å²) in [4.78, 5) is 27.0. The number of nitrogens with one attached hydrogen (secondary N) is 3. The predicted molar refractivity (Wildman–Crippen MR) is 56.8 cm³/mol. The van der Waals surface area contributed by atoms with Gasteiger partial charge in [0, 0.05) is 0 Å². The van der Waals surface area contributed by atoms with E-state index in [2.05, 4.69) is 15.3 Å². The van der Waals surface area contributed by atoms with Gasteiger partial charge < -0.3 is 20.1 Å². The lowest BCUT2D eigenvalue weighted by Gasteiger charge is -2.08. The fourth-order valence-corrected chi connectivity index (χ4v) is 1.56. The first-order valence-corrected chi connectivity index (χ1v) is 4.59. The molecule has 0 radical (unpaired) electrons. The standard InChI is InChI=1S/C10H11N3O2/c1-11-9(5-14)6-2-3-7-8(4-6)13-10(15)12-7/h2-5,9,11H,1H3,(H2,12,13,15). The van der Waals surface area contributed by atoms with Crippen LogP contribution in [0.15, 0.2) is 23.0 Å². The van der Waals surface area contributed by atoms with Crippen molar-refractivity contribution in [1.82, 2.24) is 15.3 Å². The fourth-order valence-electron chi connectivity index (χ4n) is 1.56. The van der Waals surface area contributed by atoms with Gasteiger partial charge in [-0.15, -0.1) is 0 Å². The third kappa shape index (κ3) is 1.69. The molecule has 0 saturated carbocycles. The van der Waals surface area contributed by atoms with Gasteiger partial charge in [-0.3, -0.25) is 0 Å². The smallest absolute Gasteiger partial charge is 0.307 e. The van der Waals surface area contributed by atoms with E-state index in [0.29, 0.717) is 5.52 Å². The molecule has 0 saturated heterocycles. The molecule has 0 spiro atoms. The summed E-state index contributed by atoms with van der Waals surface area (Å²) in [5.74, 6) is 0. The molecule has 5 heteroatoms. The van der Waals surface area contributed by atoms with Gasteiger partial charge in [0.25, 0.3) is 0 Å². The van der Waals surface area contributed by atoms with Crippen LogP contribution in [0.4, 0.5) is 0 Å². The molecule has 0 bridgehead atoms. The van der Waals surface area contributed by atoms with E-state index in [1.54, 1.807) is 19.2 Å². The normalized spacial score (nSPS) is 12.9. The van der Waals surface area contributed by atoms with Gasteiger partial charge in [-0.05, 0) is 24.7 Å². The van der Waals surface area contributed by atoms with E-state index in [-0.39, 0.29) is 11.7 Å². The highest BCUT2D eigenvalue weighted by atomic mass is 16.1. The zero-order valence-electron chi connectivity index (χ0n) is 8.20. The molecule has 0 fully saturated rings. The molecule has 0 aliphatic carbocycles. The first-order valence-electron chi connectivity index (χ1n) is 4.59. The molecule has 3 N–H and O–H groups in total. The number of imidazole rings is 1. The molecule has 1 aromatic heterocycles. The van der Waals surface area contributed by atoms with E-state index in [1.165, 1.54) is 0 Å². The van der Waals surface area contributed by atoms with E-state index < -0.39 is 0 Å². The van der Waals surface area contributed by atoms with Gasteiger partial charge in [0.1, 0.15) is 6.29 Å². The molecule has 1 aromatic carbocycles. The molecule has 15 heavy (non-hydrogen) atoms. The maximum absolute atomic E-state index is 11.0. The summed E-state index contributed by atoms with van der Waals surface area (Å²) in [5.41, 5.74) is 2.04. The van der Waals surface area contributed by atoms with E-state index in [0.717, 1.165) is 17.4 Å². The molecule has 2 rings (SSSR count). The Bertz CT molecular complexity index is 541. The van der Waals surface area contributed by atoms with Crippen LogP contribution in [0.25, 0.3) is 11.0 Å². The zero-order chi connectivity index (χ0) is 10.8. The second-order valence-electron chi connectivity index (χ2n) is 3.29. The third-order valence-corrected chi connectivity index (χ3v) is 2.35. The lowest BCUT2D eigenvalue weighted by Crippen LogP contribution is -2.17. The summed E-state index contributed by atoms with van der Waals surface area (Å²) in [6.07, 6.45) is 0.825. The van der Waals surface area contributed by atoms with Crippen molar-refractivity contribution in [2.45, 2.75) is 6.04 Å². The quantitative estimate of drug-likeness (QED) is 0.631. The van der Waals surface area contributed by atoms with Gasteiger partial charge in [0.2, 0.25) is 0 Å². The average Bonchev–Trinajstić information content (AvgIpc) is 2.59. The molecule has 1 heterocycles. The summed E-state index contributed by atoms with van der Waals surface area (Å²) in [7, 11) is 1.71. The Kier molecular flexibility index (Phi) is 2.39. The van der Waals surface area contributed by atoms with E-state index in [9.17, 15) is 9.59 Å². The lowest BCUT2D eigenvalue weighted by molar-refractivity contribution is -0.109. The van der Waals surface area contributed by atoms with Gasteiger partial charge >= 0.3 is 5.69 Å². The minimum absolute atomic E-state index is 0.241. The second-order valence-corrected chi connectivity index (χ2v) is 3.29. The van der Waals surface area contributed by atoms with Crippen LogP contribution in [0.5, 0.6) is 0 Å². The van der Waals surface area contributed by atoms with Gasteiger partial charge in [0.05, 0.1) is 17.1 Å². The van der Waals surface area contributed by atoms with Crippen molar-refractivity contribution < 1.29 is 4.79 Å². The van der Waals surface area contributed by atoms with Crippen molar-refractivity contribution in [2.75, 3.05) is 7.05 Å². The molecule has 0 amide bonds. The van der Waals surface area contributed by atoms with Crippen molar-refractivity contribution >= 4 is 17.3 Å². The number of carbonyl (C=O) groups is 1. The largest absolute Gasteiger partial charge is 0.323 e. The van der Waals surface area contributed by atoms with Crippen LogP contribution in [-0.2, 0) is 4.79 Å². The van der Waals surface area contributed by atoms with E-state index in [4.69, 9.17) is 0 Å². The highest BCUT2D eigenvalue weighted by Crippen LogP contribution is 2.15. The van der Waals surface area contributed by atoms with Crippen molar-refractivity contribution in [3.05, 3.63) is 34.2 Å². The maximum atomic E-state index is 11.0. The first-order chi connectivity index (χ1) is 7.24. The first kappa shape index (κ1) is 9.67. The van der Waals surface area contributed by atoms with Crippen LogP contribution in [0.2, 0.25) is 0 Å². The summed E-state index contributed by atoms with van der Waals surface area (Å²) >= 11 is 0. The summed E-state index contributed by atoms with van der Waals surface area (Å²) < 4.78 is 0. The van der Waals surface area contributed by atoms with Crippen molar-refractivity contribution in [2.24, 2.45) is 0 Å². The Labute approximate surface area is 85.5 Å². The van der Waals surface area contributed by atoms with Crippen LogP contribution < -0.4 is 11.0 Å². The van der Waals surface area contributed by atoms with Crippen molar-refractivity contribution in [3.8, 4) is 0 Å². The third-order valence-electron chi connectivity index (χ3n) is 2.35. The Morgan fingerprint density at radius 1 is 1.33 bits per heavy atom. The number of aromatic nitrogens is 2.